The first-order valence-corrected chi connectivity index (χ1v) is 7.05. The van der Waals surface area contributed by atoms with Crippen molar-refractivity contribution in [3.63, 3.8) is 0 Å². The second kappa shape index (κ2) is 7.26. The lowest BCUT2D eigenvalue weighted by molar-refractivity contribution is 0.0374. The zero-order valence-electron chi connectivity index (χ0n) is 11.9. The third-order valence-corrected chi connectivity index (χ3v) is 3.49. The Morgan fingerprint density at radius 3 is 2.85 bits per heavy atom. The Kier molecular flexibility index (Phi) is 5.38. The number of rotatable bonds is 5. The smallest absolute Gasteiger partial charge is 0.251 e. The molecule has 1 heterocycles. The van der Waals surface area contributed by atoms with Gasteiger partial charge in [0.15, 0.2) is 0 Å². The number of nitrogens with zero attached hydrogens (tertiary/aromatic N) is 1. The molecule has 1 aliphatic heterocycles. The molecule has 0 aromatic heterocycles. The molecule has 5 heteroatoms. The number of carbonyl (C=O) groups is 1. The maximum absolute atomic E-state index is 12.0. The minimum Gasteiger partial charge on any atom is -0.508 e. The summed E-state index contributed by atoms with van der Waals surface area (Å²) in [6.07, 6.45) is 0.933. The topological polar surface area (TPSA) is 61.8 Å². The number of carbonyl (C=O) groups excluding carboxylic acids is 1. The van der Waals surface area contributed by atoms with Crippen molar-refractivity contribution in [3.05, 3.63) is 29.3 Å². The molecule has 0 spiro atoms. The van der Waals surface area contributed by atoms with Crippen molar-refractivity contribution in [2.75, 3.05) is 39.4 Å². The van der Waals surface area contributed by atoms with Gasteiger partial charge in [0, 0.05) is 25.2 Å². The largest absolute Gasteiger partial charge is 0.508 e. The summed E-state index contributed by atoms with van der Waals surface area (Å²) in [5.41, 5.74) is 1.41. The van der Waals surface area contributed by atoms with Crippen LogP contribution in [0.3, 0.4) is 0 Å². The lowest BCUT2D eigenvalue weighted by atomic mass is 10.1. The predicted octanol–water partition coefficient (Wildman–Crippen LogP) is 1.15. The van der Waals surface area contributed by atoms with E-state index >= 15 is 0 Å². The molecule has 1 aromatic carbocycles. The van der Waals surface area contributed by atoms with E-state index in [-0.39, 0.29) is 11.7 Å². The predicted molar refractivity (Wildman–Crippen MR) is 77.1 cm³/mol. The van der Waals surface area contributed by atoms with Gasteiger partial charge in [0.2, 0.25) is 0 Å². The Labute approximate surface area is 119 Å². The van der Waals surface area contributed by atoms with Crippen molar-refractivity contribution in [2.24, 2.45) is 0 Å². The molecular formula is C15H22N2O3. The number of ether oxygens (including phenoxy) is 1. The van der Waals surface area contributed by atoms with Crippen LogP contribution in [0.1, 0.15) is 22.3 Å². The van der Waals surface area contributed by atoms with Gasteiger partial charge in [0.1, 0.15) is 5.75 Å². The number of aromatic hydroxyl groups is 1. The van der Waals surface area contributed by atoms with Crippen molar-refractivity contribution in [3.8, 4) is 5.75 Å². The molecule has 110 valence electrons. The fourth-order valence-corrected chi connectivity index (χ4v) is 2.33. The fourth-order valence-electron chi connectivity index (χ4n) is 2.33. The van der Waals surface area contributed by atoms with Crippen molar-refractivity contribution in [1.29, 1.82) is 0 Å². The van der Waals surface area contributed by atoms with Crippen LogP contribution in [0.25, 0.3) is 0 Å². The van der Waals surface area contributed by atoms with Gasteiger partial charge in [0.25, 0.3) is 5.91 Å². The summed E-state index contributed by atoms with van der Waals surface area (Å²) in [6, 6.07) is 4.79. The van der Waals surface area contributed by atoms with Gasteiger partial charge >= 0.3 is 0 Å². The summed E-state index contributed by atoms with van der Waals surface area (Å²) < 4.78 is 5.29. The summed E-state index contributed by atoms with van der Waals surface area (Å²) in [5.74, 6) is 0.107. The average Bonchev–Trinajstić information content (AvgIpc) is 2.44. The van der Waals surface area contributed by atoms with Crippen molar-refractivity contribution < 1.29 is 14.6 Å². The molecule has 1 aromatic rings. The van der Waals surface area contributed by atoms with E-state index in [4.69, 9.17) is 4.74 Å². The first kappa shape index (κ1) is 14.8. The molecule has 1 amide bonds. The van der Waals surface area contributed by atoms with Gasteiger partial charge in [-0.3, -0.25) is 9.69 Å². The number of hydrogen-bond acceptors (Lipinski definition) is 4. The van der Waals surface area contributed by atoms with E-state index < -0.39 is 0 Å². The second-order valence-electron chi connectivity index (χ2n) is 5.06. The highest BCUT2D eigenvalue weighted by molar-refractivity contribution is 5.95. The number of hydrogen-bond donors (Lipinski definition) is 2. The van der Waals surface area contributed by atoms with Gasteiger partial charge in [-0.2, -0.15) is 0 Å². The first-order chi connectivity index (χ1) is 9.66. The van der Waals surface area contributed by atoms with Gasteiger partial charge < -0.3 is 15.2 Å². The Morgan fingerprint density at radius 1 is 1.40 bits per heavy atom. The monoisotopic (exact) mass is 278 g/mol. The standard InChI is InChI=1S/C15H22N2O3/c1-12-11-13(18)3-4-14(12)15(19)16-5-2-6-17-7-9-20-10-8-17/h3-4,11,18H,2,5-10H2,1H3,(H,16,19). The molecule has 2 rings (SSSR count). The second-order valence-corrected chi connectivity index (χ2v) is 5.06. The number of benzene rings is 1. The van der Waals surface area contributed by atoms with Crippen LogP contribution in [0.15, 0.2) is 18.2 Å². The minimum atomic E-state index is -0.0792. The van der Waals surface area contributed by atoms with Crippen molar-refractivity contribution >= 4 is 5.91 Å². The third-order valence-electron chi connectivity index (χ3n) is 3.49. The molecule has 2 N–H and O–H groups in total. The Hall–Kier alpha value is -1.59. The average molecular weight is 278 g/mol. The molecule has 0 aliphatic carbocycles. The van der Waals surface area contributed by atoms with Gasteiger partial charge in [0.05, 0.1) is 13.2 Å². The number of phenolic OH excluding ortho intramolecular Hbond substituents is 1. The van der Waals surface area contributed by atoms with E-state index in [0.717, 1.165) is 44.8 Å². The quantitative estimate of drug-likeness (QED) is 0.793. The zero-order valence-corrected chi connectivity index (χ0v) is 11.9. The number of amides is 1. The minimum absolute atomic E-state index is 0.0792. The van der Waals surface area contributed by atoms with Crippen LogP contribution in [-0.4, -0.2) is 55.3 Å². The summed E-state index contributed by atoms with van der Waals surface area (Å²) in [6.45, 7) is 7.03. The Balaban J connectivity index is 1.72. The third kappa shape index (κ3) is 4.21. The molecule has 5 nitrogen and oxygen atoms in total. The fraction of sp³-hybridized carbons (Fsp3) is 0.533. The lowest BCUT2D eigenvalue weighted by Crippen LogP contribution is -2.38. The van der Waals surface area contributed by atoms with Gasteiger partial charge in [-0.15, -0.1) is 0 Å². The number of nitrogens with one attached hydrogen (secondary N) is 1. The molecular weight excluding hydrogens is 256 g/mol. The van der Waals surface area contributed by atoms with Crippen LogP contribution < -0.4 is 5.32 Å². The van der Waals surface area contributed by atoms with Crippen molar-refractivity contribution in [2.45, 2.75) is 13.3 Å². The van der Waals surface area contributed by atoms with E-state index in [0.29, 0.717) is 12.1 Å². The maximum Gasteiger partial charge on any atom is 0.251 e. The highest BCUT2D eigenvalue weighted by atomic mass is 16.5. The SMILES string of the molecule is Cc1cc(O)ccc1C(=O)NCCCN1CCOCC1. The summed E-state index contributed by atoms with van der Waals surface area (Å²) in [7, 11) is 0. The lowest BCUT2D eigenvalue weighted by Gasteiger charge is -2.26. The van der Waals surface area contributed by atoms with Gasteiger partial charge in [-0.25, -0.2) is 0 Å². The van der Waals surface area contributed by atoms with E-state index in [9.17, 15) is 9.90 Å². The van der Waals surface area contributed by atoms with Crippen LogP contribution in [-0.2, 0) is 4.74 Å². The highest BCUT2D eigenvalue weighted by Crippen LogP contribution is 2.15. The molecule has 0 bridgehead atoms. The molecule has 1 saturated heterocycles. The Morgan fingerprint density at radius 2 is 2.15 bits per heavy atom. The van der Waals surface area contributed by atoms with Crippen LogP contribution in [0, 0.1) is 6.92 Å². The van der Waals surface area contributed by atoms with E-state index in [2.05, 4.69) is 10.2 Å². The summed E-state index contributed by atoms with van der Waals surface area (Å²) >= 11 is 0. The van der Waals surface area contributed by atoms with Crippen LogP contribution in [0.5, 0.6) is 5.75 Å². The summed E-state index contributed by atoms with van der Waals surface area (Å²) in [4.78, 5) is 14.4. The number of phenols is 1. The Bertz CT molecular complexity index is 456. The highest BCUT2D eigenvalue weighted by Gasteiger charge is 2.11. The molecule has 0 unspecified atom stereocenters. The van der Waals surface area contributed by atoms with Crippen molar-refractivity contribution in [1.82, 2.24) is 10.2 Å². The normalized spacial score (nSPS) is 16.1. The van der Waals surface area contributed by atoms with E-state index in [1.165, 1.54) is 6.07 Å². The summed E-state index contributed by atoms with van der Waals surface area (Å²) in [5, 5.41) is 12.3. The van der Waals surface area contributed by atoms with E-state index in [1.807, 2.05) is 6.92 Å². The zero-order chi connectivity index (χ0) is 14.4. The number of aryl methyl sites for hydroxylation is 1. The number of morpholine rings is 1. The van der Waals surface area contributed by atoms with Crippen LogP contribution in [0.2, 0.25) is 0 Å². The van der Waals surface area contributed by atoms with Gasteiger partial charge in [-0.1, -0.05) is 0 Å². The molecule has 0 atom stereocenters. The van der Waals surface area contributed by atoms with Crippen LogP contribution >= 0.6 is 0 Å². The molecule has 20 heavy (non-hydrogen) atoms. The first-order valence-electron chi connectivity index (χ1n) is 7.05. The van der Waals surface area contributed by atoms with E-state index in [1.54, 1.807) is 12.1 Å². The van der Waals surface area contributed by atoms with Gasteiger partial charge in [-0.05, 0) is 43.7 Å². The molecule has 0 saturated carbocycles. The maximum atomic E-state index is 12.0. The molecule has 0 radical (unpaired) electrons. The molecule has 1 fully saturated rings. The molecule has 1 aliphatic rings. The van der Waals surface area contributed by atoms with Crippen LogP contribution in [0.4, 0.5) is 0 Å².